The molecule has 0 aliphatic carbocycles. The summed E-state index contributed by atoms with van der Waals surface area (Å²) in [5.74, 6) is -0.248. The molecule has 0 fully saturated rings. The van der Waals surface area contributed by atoms with Gasteiger partial charge < -0.3 is 10.6 Å². The van der Waals surface area contributed by atoms with Crippen molar-refractivity contribution in [2.45, 2.75) is 19.5 Å². The van der Waals surface area contributed by atoms with Crippen LogP contribution in [0.5, 0.6) is 0 Å². The zero-order valence-corrected chi connectivity index (χ0v) is 8.65. The van der Waals surface area contributed by atoms with Gasteiger partial charge in [0, 0.05) is 12.1 Å². The molecule has 2 aliphatic rings. The molecule has 2 aliphatic heterocycles. The van der Waals surface area contributed by atoms with E-state index in [1.54, 1.807) is 0 Å². The molecule has 0 spiro atoms. The zero-order chi connectivity index (χ0) is 10.3. The lowest BCUT2D eigenvalue weighted by molar-refractivity contribution is -0.118. The Hall–Kier alpha value is -1.04. The summed E-state index contributed by atoms with van der Waals surface area (Å²) in [6.45, 7) is 1.82. The molecule has 6 heteroatoms. The molecule has 0 bridgehead atoms. The third-order valence-corrected chi connectivity index (χ3v) is 3.96. The summed E-state index contributed by atoms with van der Waals surface area (Å²) >= 11 is 0. The number of hydrogen-bond donors (Lipinski definition) is 2. The van der Waals surface area contributed by atoms with Gasteiger partial charge in [0.25, 0.3) is 5.91 Å². The number of carbonyl (C=O) groups excluding carboxylic acids is 1. The summed E-state index contributed by atoms with van der Waals surface area (Å²) in [6.07, 6.45) is 0.317. The number of amides is 1. The summed E-state index contributed by atoms with van der Waals surface area (Å²) in [7, 11) is -3.06. The molecule has 78 valence electrons. The highest BCUT2D eigenvalue weighted by atomic mass is 32.2. The van der Waals surface area contributed by atoms with E-state index in [1.807, 2.05) is 6.92 Å². The monoisotopic (exact) mass is 216 g/mol. The van der Waals surface area contributed by atoms with Gasteiger partial charge in [-0.15, -0.1) is 0 Å². The summed E-state index contributed by atoms with van der Waals surface area (Å²) in [5.41, 5.74) is 1.17. The minimum absolute atomic E-state index is 0.109. The van der Waals surface area contributed by atoms with Crippen LogP contribution in [0.2, 0.25) is 0 Å². The first kappa shape index (κ1) is 9.51. The maximum absolute atomic E-state index is 11.5. The van der Waals surface area contributed by atoms with E-state index < -0.39 is 9.84 Å². The molecular weight excluding hydrogens is 204 g/mol. The fourth-order valence-electron chi connectivity index (χ4n) is 1.73. The number of nitrogens with one attached hydrogen (secondary N) is 2. The molecule has 1 amide bonds. The molecule has 2 N–H and O–H groups in total. The van der Waals surface area contributed by atoms with Crippen LogP contribution in [-0.2, 0) is 14.6 Å². The number of sulfone groups is 1. The first-order valence-electron chi connectivity index (χ1n) is 4.48. The van der Waals surface area contributed by atoms with Gasteiger partial charge in [-0.1, -0.05) is 0 Å². The summed E-state index contributed by atoms with van der Waals surface area (Å²) in [6, 6.07) is 0. The molecule has 0 aromatic heterocycles. The molecule has 0 radical (unpaired) electrons. The highest BCUT2D eigenvalue weighted by molar-refractivity contribution is 7.91. The molecule has 0 aromatic rings. The van der Waals surface area contributed by atoms with Crippen molar-refractivity contribution >= 4 is 15.7 Å². The number of carbonyl (C=O) groups is 1. The Morgan fingerprint density at radius 2 is 2.07 bits per heavy atom. The lowest BCUT2D eigenvalue weighted by Gasteiger charge is -2.30. The second-order valence-corrected chi connectivity index (χ2v) is 5.82. The first-order chi connectivity index (χ1) is 6.48. The molecule has 1 atom stereocenters. The fraction of sp³-hybridized carbons (Fsp3) is 0.625. The third kappa shape index (κ3) is 1.61. The average Bonchev–Trinajstić information content (AvgIpc) is 2.06. The van der Waals surface area contributed by atoms with E-state index in [9.17, 15) is 13.2 Å². The van der Waals surface area contributed by atoms with Gasteiger partial charge in [-0.05, 0) is 6.92 Å². The quantitative estimate of drug-likeness (QED) is 0.551. The van der Waals surface area contributed by atoms with Crippen LogP contribution in [0.3, 0.4) is 0 Å². The van der Waals surface area contributed by atoms with Gasteiger partial charge in [0.05, 0.1) is 23.2 Å². The Labute approximate surface area is 82.5 Å². The molecule has 2 heterocycles. The van der Waals surface area contributed by atoms with E-state index in [0.29, 0.717) is 12.0 Å². The van der Waals surface area contributed by atoms with E-state index in [1.165, 1.54) is 0 Å². The van der Waals surface area contributed by atoms with E-state index >= 15 is 0 Å². The van der Waals surface area contributed by atoms with Gasteiger partial charge in [-0.25, -0.2) is 8.42 Å². The first-order valence-corrected chi connectivity index (χ1v) is 6.30. The summed E-state index contributed by atoms with van der Waals surface area (Å²) < 4.78 is 22.6. The molecular formula is C8H12N2O3S. The predicted molar refractivity (Wildman–Crippen MR) is 51.0 cm³/mol. The normalized spacial score (nSPS) is 30.4. The fourth-order valence-corrected chi connectivity index (χ4v) is 3.14. The van der Waals surface area contributed by atoms with Gasteiger partial charge in [0.1, 0.15) is 0 Å². The van der Waals surface area contributed by atoms with Crippen LogP contribution in [0.1, 0.15) is 13.3 Å². The van der Waals surface area contributed by atoms with Crippen molar-refractivity contribution in [3.05, 3.63) is 11.3 Å². The number of rotatable bonds is 0. The Kier molecular flexibility index (Phi) is 2.02. The van der Waals surface area contributed by atoms with Crippen molar-refractivity contribution in [2.75, 3.05) is 11.5 Å². The lowest BCUT2D eigenvalue weighted by Crippen LogP contribution is -2.51. The van der Waals surface area contributed by atoms with Crippen molar-refractivity contribution in [3.63, 3.8) is 0 Å². The molecule has 0 saturated heterocycles. The van der Waals surface area contributed by atoms with Crippen molar-refractivity contribution in [3.8, 4) is 0 Å². The largest absolute Gasteiger partial charge is 0.368 e. The Bertz CT molecular complexity index is 410. The van der Waals surface area contributed by atoms with Crippen molar-refractivity contribution in [1.29, 1.82) is 0 Å². The molecule has 5 nitrogen and oxygen atoms in total. The van der Waals surface area contributed by atoms with Crippen molar-refractivity contribution in [1.82, 2.24) is 10.6 Å². The van der Waals surface area contributed by atoms with Gasteiger partial charge in [-0.2, -0.15) is 0 Å². The highest BCUT2D eigenvalue weighted by Crippen LogP contribution is 2.20. The standard InChI is InChI=1S/C8H12N2O3S/c1-5-9-7-2-3-14(12,13)4-6(7)8(11)10-5/h5,9H,2-4H2,1H3,(H,10,11). The Morgan fingerprint density at radius 1 is 1.36 bits per heavy atom. The number of hydrogen-bond acceptors (Lipinski definition) is 4. The van der Waals surface area contributed by atoms with Crippen molar-refractivity contribution in [2.24, 2.45) is 0 Å². The zero-order valence-electron chi connectivity index (χ0n) is 7.83. The maximum atomic E-state index is 11.5. The smallest absolute Gasteiger partial charge is 0.251 e. The maximum Gasteiger partial charge on any atom is 0.251 e. The molecule has 0 saturated carbocycles. The topological polar surface area (TPSA) is 75.3 Å². The van der Waals surface area contributed by atoms with Gasteiger partial charge >= 0.3 is 0 Å². The molecule has 1 unspecified atom stereocenters. The van der Waals surface area contributed by atoms with Gasteiger partial charge in [0.15, 0.2) is 9.84 Å². The minimum atomic E-state index is -3.06. The van der Waals surface area contributed by atoms with Crippen LogP contribution in [0.4, 0.5) is 0 Å². The summed E-state index contributed by atoms with van der Waals surface area (Å²) in [5, 5.41) is 5.71. The SMILES string of the molecule is CC1NC(=O)C2=C(CCS(=O)(=O)C2)N1. The average molecular weight is 216 g/mol. The van der Waals surface area contributed by atoms with Crippen LogP contribution in [0, 0.1) is 0 Å². The van der Waals surface area contributed by atoms with Crippen LogP contribution in [-0.4, -0.2) is 32.0 Å². The van der Waals surface area contributed by atoms with E-state index in [-0.39, 0.29) is 23.6 Å². The van der Waals surface area contributed by atoms with Crippen LogP contribution in [0.15, 0.2) is 11.3 Å². The van der Waals surface area contributed by atoms with Gasteiger partial charge in [-0.3, -0.25) is 4.79 Å². The second kappa shape index (κ2) is 2.98. The highest BCUT2D eigenvalue weighted by Gasteiger charge is 2.31. The van der Waals surface area contributed by atoms with Crippen molar-refractivity contribution < 1.29 is 13.2 Å². The second-order valence-electron chi connectivity index (χ2n) is 3.64. The molecule has 14 heavy (non-hydrogen) atoms. The minimum Gasteiger partial charge on any atom is -0.368 e. The Morgan fingerprint density at radius 3 is 2.79 bits per heavy atom. The van der Waals surface area contributed by atoms with Crippen LogP contribution in [0.25, 0.3) is 0 Å². The lowest BCUT2D eigenvalue weighted by atomic mass is 10.1. The number of allylic oxidation sites excluding steroid dienone is 1. The summed E-state index contributed by atoms with van der Waals surface area (Å²) in [4.78, 5) is 11.5. The Balaban J connectivity index is 2.37. The molecule has 2 rings (SSSR count). The molecule has 0 aromatic carbocycles. The van der Waals surface area contributed by atoms with E-state index in [4.69, 9.17) is 0 Å². The van der Waals surface area contributed by atoms with E-state index in [2.05, 4.69) is 10.6 Å². The van der Waals surface area contributed by atoms with E-state index in [0.717, 1.165) is 5.70 Å². The van der Waals surface area contributed by atoms with Gasteiger partial charge in [0.2, 0.25) is 0 Å². The van der Waals surface area contributed by atoms with Crippen LogP contribution >= 0.6 is 0 Å². The van der Waals surface area contributed by atoms with Crippen LogP contribution < -0.4 is 10.6 Å². The third-order valence-electron chi connectivity index (χ3n) is 2.40. The predicted octanol–water partition coefficient (Wildman–Crippen LogP) is -0.876.